The van der Waals surface area contributed by atoms with Crippen LogP contribution in [0.5, 0.6) is 0 Å². The minimum Gasteiger partial charge on any atom is -0.350 e. The summed E-state index contributed by atoms with van der Waals surface area (Å²) in [5.74, 6) is -1.71. The summed E-state index contributed by atoms with van der Waals surface area (Å²) in [5, 5.41) is 3.91. The zero-order chi connectivity index (χ0) is 27.0. The van der Waals surface area contributed by atoms with Crippen molar-refractivity contribution in [1.29, 1.82) is 0 Å². The predicted octanol–water partition coefficient (Wildman–Crippen LogP) is 3.74. The van der Waals surface area contributed by atoms with Crippen LogP contribution in [0.4, 0.5) is 13.2 Å². The molecule has 2 aliphatic heterocycles. The van der Waals surface area contributed by atoms with Crippen molar-refractivity contribution in [3.05, 3.63) is 71.5 Å². The summed E-state index contributed by atoms with van der Waals surface area (Å²) >= 11 is 0. The van der Waals surface area contributed by atoms with Crippen molar-refractivity contribution in [2.24, 2.45) is 13.0 Å². The Morgan fingerprint density at radius 3 is 2.32 bits per heavy atom. The van der Waals surface area contributed by atoms with E-state index in [1.165, 1.54) is 0 Å². The molecule has 4 heterocycles. The number of alkyl halides is 3. The lowest BCUT2D eigenvalue weighted by Crippen LogP contribution is -2.28. The Balaban J connectivity index is 1.50. The molecule has 0 aliphatic carbocycles. The van der Waals surface area contributed by atoms with E-state index in [4.69, 9.17) is 0 Å². The third-order valence-corrected chi connectivity index (χ3v) is 8.10. The van der Waals surface area contributed by atoms with Crippen LogP contribution in [0, 0.1) is 5.92 Å². The maximum Gasteiger partial charge on any atom is 0.523 e. The number of amides is 2. The van der Waals surface area contributed by atoms with Crippen LogP contribution < -0.4 is 5.32 Å². The highest BCUT2D eigenvalue weighted by atomic mass is 32.2. The van der Waals surface area contributed by atoms with Gasteiger partial charge in [-0.15, -0.1) is 0 Å². The highest BCUT2D eigenvalue weighted by Gasteiger charge is 2.48. The Labute approximate surface area is 214 Å². The summed E-state index contributed by atoms with van der Waals surface area (Å²) in [5.41, 5.74) is -1.81. The number of hydrogen-bond acceptors (Lipinski definition) is 5. The molecule has 0 radical (unpaired) electrons. The van der Waals surface area contributed by atoms with Gasteiger partial charge in [0.1, 0.15) is 0 Å². The van der Waals surface area contributed by atoms with Crippen LogP contribution in [0.25, 0.3) is 33.0 Å². The van der Waals surface area contributed by atoms with Gasteiger partial charge >= 0.3 is 15.6 Å². The van der Waals surface area contributed by atoms with Crippen molar-refractivity contribution in [2.75, 3.05) is 6.61 Å². The molecule has 4 aromatic rings. The summed E-state index contributed by atoms with van der Waals surface area (Å²) in [6, 6.07) is 14.7. The average Bonchev–Trinajstić information content (AvgIpc) is 3.57. The summed E-state index contributed by atoms with van der Waals surface area (Å²) in [4.78, 5) is 26.4. The summed E-state index contributed by atoms with van der Waals surface area (Å²) in [7, 11) is -3.89. The lowest BCUT2D eigenvalue weighted by atomic mass is 9.92. The maximum atomic E-state index is 13.3. The number of imide groups is 1. The van der Waals surface area contributed by atoms with Gasteiger partial charge in [0.15, 0.2) is 0 Å². The SMILES string of the molecule is Cn1cc(C2=C(c3c4n(c5ccccc35)CC(COS(=O)(=O)C(F)(F)F)C4)C(=O)NC2=O)c2ccccc21. The first-order valence-corrected chi connectivity index (χ1v) is 13.1. The number of aromatic nitrogens is 2. The normalized spacial score (nSPS) is 18.2. The fourth-order valence-corrected chi connectivity index (χ4v) is 6.01. The van der Waals surface area contributed by atoms with Gasteiger partial charge in [-0.3, -0.25) is 19.1 Å². The topological polar surface area (TPSA) is 99.4 Å². The zero-order valence-corrected chi connectivity index (χ0v) is 20.7. The van der Waals surface area contributed by atoms with Crippen LogP contribution in [-0.2, 0) is 43.9 Å². The molecule has 0 saturated carbocycles. The molecule has 2 aliphatic rings. The number of carbonyl (C=O) groups excluding carboxylic acids is 2. The predicted molar refractivity (Wildman–Crippen MR) is 133 cm³/mol. The molecule has 8 nitrogen and oxygen atoms in total. The van der Waals surface area contributed by atoms with E-state index in [2.05, 4.69) is 9.50 Å². The van der Waals surface area contributed by atoms with Gasteiger partial charge in [-0.05, 0) is 18.6 Å². The zero-order valence-electron chi connectivity index (χ0n) is 19.9. The number of benzene rings is 2. The number of carbonyl (C=O) groups is 2. The smallest absolute Gasteiger partial charge is 0.350 e. The van der Waals surface area contributed by atoms with E-state index in [1.807, 2.05) is 52.6 Å². The van der Waals surface area contributed by atoms with Crippen LogP contribution >= 0.6 is 0 Å². The number of nitrogens with zero attached hydrogens (tertiary/aromatic N) is 2. The van der Waals surface area contributed by atoms with Crippen molar-refractivity contribution < 1.29 is 35.4 Å². The average molecular weight is 544 g/mol. The molecular weight excluding hydrogens is 523 g/mol. The van der Waals surface area contributed by atoms with Crippen molar-refractivity contribution in [3.8, 4) is 0 Å². The second-order valence-electron chi connectivity index (χ2n) is 9.41. The fraction of sp³-hybridized carbons (Fsp3) is 0.231. The first-order chi connectivity index (χ1) is 18.0. The summed E-state index contributed by atoms with van der Waals surface area (Å²) in [6.07, 6.45) is 1.94. The molecule has 0 fully saturated rings. The van der Waals surface area contributed by atoms with Gasteiger partial charge in [-0.1, -0.05) is 36.4 Å². The minimum absolute atomic E-state index is 0.158. The largest absolute Gasteiger partial charge is 0.523 e. The minimum atomic E-state index is -5.73. The molecule has 12 heteroatoms. The molecule has 2 aromatic heterocycles. The van der Waals surface area contributed by atoms with Gasteiger partial charge < -0.3 is 9.13 Å². The molecule has 2 aromatic carbocycles. The van der Waals surface area contributed by atoms with E-state index in [9.17, 15) is 31.2 Å². The van der Waals surface area contributed by atoms with Crippen LogP contribution in [-0.4, -0.2) is 41.5 Å². The second kappa shape index (κ2) is 8.30. The van der Waals surface area contributed by atoms with E-state index >= 15 is 0 Å². The molecular formula is C26H20F3N3O5S. The third kappa shape index (κ3) is 3.58. The standard InChI is InChI=1S/C26H20F3N3O5S/c1-31-12-17(15-6-2-4-8-18(15)31)22-23(25(34)30-24(22)33)21-16-7-3-5-9-19(16)32-11-14(10-20(21)32)13-37-38(35,36)26(27,28)29/h2-9,12,14H,10-11,13H2,1H3,(H,30,33,34). The van der Waals surface area contributed by atoms with E-state index in [-0.39, 0.29) is 24.1 Å². The molecule has 1 N–H and O–H groups in total. The van der Waals surface area contributed by atoms with Gasteiger partial charge in [0.2, 0.25) is 0 Å². The molecule has 1 atom stereocenters. The lowest BCUT2D eigenvalue weighted by molar-refractivity contribution is -0.122. The Bertz CT molecular complexity index is 1810. The third-order valence-electron chi connectivity index (χ3n) is 7.09. The van der Waals surface area contributed by atoms with E-state index in [1.54, 1.807) is 18.3 Å². The van der Waals surface area contributed by atoms with Crippen LogP contribution in [0.3, 0.4) is 0 Å². The number of aryl methyl sites for hydroxylation is 1. The fourth-order valence-electron chi connectivity index (χ4n) is 5.51. The van der Waals surface area contributed by atoms with Gasteiger partial charge in [0.25, 0.3) is 11.8 Å². The number of nitrogens with one attached hydrogen (secondary N) is 1. The van der Waals surface area contributed by atoms with E-state index in [0.29, 0.717) is 22.2 Å². The first-order valence-electron chi connectivity index (χ1n) is 11.7. The molecule has 0 spiro atoms. The highest BCUT2D eigenvalue weighted by Crippen LogP contribution is 2.43. The van der Waals surface area contributed by atoms with E-state index in [0.717, 1.165) is 16.4 Å². The molecule has 0 saturated heterocycles. The molecule has 196 valence electrons. The van der Waals surface area contributed by atoms with Gasteiger partial charge in [-0.25, -0.2) is 0 Å². The number of hydrogen-bond donors (Lipinski definition) is 1. The number of para-hydroxylation sites is 2. The highest BCUT2D eigenvalue weighted by molar-refractivity contribution is 7.87. The van der Waals surface area contributed by atoms with Crippen LogP contribution in [0.1, 0.15) is 16.8 Å². The number of halogens is 3. The van der Waals surface area contributed by atoms with Gasteiger partial charge in [0.05, 0.1) is 17.8 Å². The maximum absolute atomic E-state index is 13.3. The first kappa shape index (κ1) is 24.4. The Morgan fingerprint density at radius 1 is 0.974 bits per heavy atom. The van der Waals surface area contributed by atoms with Gasteiger partial charge in [0, 0.05) is 64.3 Å². The number of fused-ring (bicyclic) bond motifs is 4. The lowest BCUT2D eigenvalue weighted by Gasteiger charge is -2.12. The molecule has 6 rings (SSSR count). The quantitative estimate of drug-likeness (QED) is 0.235. The van der Waals surface area contributed by atoms with Gasteiger partial charge in [-0.2, -0.15) is 21.6 Å². The van der Waals surface area contributed by atoms with Crippen molar-refractivity contribution in [2.45, 2.75) is 18.5 Å². The van der Waals surface area contributed by atoms with E-state index < -0.39 is 40.0 Å². The monoisotopic (exact) mass is 543 g/mol. The number of rotatable bonds is 5. The van der Waals surface area contributed by atoms with Crippen molar-refractivity contribution in [1.82, 2.24) is 14.5 Å². The second-order valence-corrected chi connectivity index (χ2v) is 11.0. The summed E-state index contributed by atoms with van der Waals surface area (Å²) in [6.45, 7) is -0.479. The Hall–Kier alpha value is -3.90. The molecule has 0 bridgehead atoms. The van der Waals surface area contributed by atoms with Crippen LogP contribution in [0.15, 0.2) is 54.7 Å². The van der Waals surface area contributed by atoms with Crippen molar-refractivity contribution in [3.63, 3.8) is 0 Å². The summed E-state index contributed by atoms with van der Waals surface area (Å²) < 4.78 is 69.3. The van der Waals surface area contributed by atoms with Crippen molar-refractivity contribution >= 4 is 54.9 Å². The Morgan fingerprint density at radius 2 is 1.61 bits per heavy atom. The molecule has 38 heavy (non-hydrogen) atoms. The molecule has 1 unspecified atom stereocenters. The van der Waals surface area contributed by atoms with Crippen LogP contribution in [0.2, 0.25) is 0 Å². The Kier molecular flexibility index (Phi) is 5.34. The molecule has 2 amide bonds.